The van der Waals surface area contributed by atoms with E-state index < -0.39 is 5.97 Å². The SMILES string of the molecule is O=C(O)CCC1CNCCN1Cc1cccnc1. The fourth-order valence-corrected chi connectivity index (χ4v) is 2.31. The molecule has 1 aromatic heterocycles. The first-order valence-corrected chi connectivity index (χ1v) is 6.31. The predicted molar refractivity (Wildman–Crippen MR) is 68.2 cm³/mol. The van der Waals surface area contributed by atoms with Crippen molar-refractivity contribution in [2.24, 2.45) is 0 Å². The zero-order valence-electron chi connectivity index (χ0n) is 10.4. The Kier molecular flexibility index (Phi) is 4.66. The highest BCUT2D eigenvalue weighted by Gasteiger charge is 2.22. The predicted octanol–water partition coefficient (Wildman–Crippen LogP) is 0.720. The fraction of sp³-hybridized carbons (Fsp3) is 0.538. The minimum absolute atomic E-state index is 0.232. The summed E-state index contributed by atoms with van der Waals surface area (Å²) in [4.78, 5) is 17.1. The van der Waals surface area contributed by atoms with Gasteiger partial charge in [0.05, 0.1) is 0 Å². The van der Waals surface area contributed by atoms with Crippen LogP contribution in [0.4, 0.5) is 0 Å². The van der Waals surface area contributed by atoms with Crippen molar-refractivity contribution in [1.29, 1.82) is 0 Å². The van der Waals surface area contributed by atoms with Gasteiger partial charge in [0.15, 0.2) is 0 Å². The topological polar surface area (TPSA) is 65.5 Å². The maximum absolute atomic E-state index is 10.7. The number of piperazine rings is 1. The Morgan fingerprint density at radius 2 is 2.50 bits per heavy atom. The summed E-state index contributed by atoms with van der Waals surface area (Å²) in [6.45, 7) is 3.64. The van der Waals surface area contributed by atoms with Gasteiger partial charge in [0.25, 0.3) is 0 Å². The van der Waals surface area contributed by atoms with E-state index >= 15 is 0 Å². The lowest BCUT2D eigenvalue weighted by Gasteiger charge is -2.36. The van der Waals surface area contributed by atoms with Crippen molar-refractivity contribution in [3.63, 3.8) is 0 Å². The number of aromatic nitrogens is 1. The number of carboxylic acid groups (broad SMARTS) is 1. The Hall–Kier alpha value is -1.46. The molecular weight excluding hydrogens is 230 g/mol. The first-order valence-electron chi connectivity index (χ1n) is 6.31. The van der Waals surface area contributed by atoms with Gasteiger partial charge in [-0.1, -0.05) is 6.07 Å². The lowest BCUT2D eigenvalue weighted by Crippen LogP contribution is -2.50. The summed E-state index contributed by atoms with van der Waals surface area (Å²) < 4.78 is 0. The highest BCUT2D eigenvalue weighted by Crippen LogP contribution is 2.13. The van der Waals surface area contributed by atoms with Crippen molar-refractivity contribution in [2.45, 2.75) is 25.4 Å². The highest BCUT2D eigenvalue weighted by molar-refractivity contribution is 5.66. The zero-order valence-corrected chi connectivity index (χ0v) is 10.4. The number of rotatable bonds is 5. The molecular formula is C13H19N3O2. The minimum atomic E-state index is -0.720. The van der Waals surface area contributed by atoms with Crippen LogP contribution >= 0.6 is 0 Å². The maximum atomic E-state index is 10.7. The molecule has 0 radical (unpaired) electrons. The molecule has 1 saturated heterocycles. The number of pyridine rings is 1. The minimum Gasteiger partial charge on any atom is -0.481 e. The van der Waals surface area contributed by atoms with Gasteiger partial charge in [-0.25, -0.2) is 0 Å². The van der Waals surface area contributed by atoms with E-state index in [-0.39, 0.29) is 6.42 Å². The molecule has 2 N–H and O–H groups in total. The molecule has 1 aromatic rings. The third-order valence-corrected chi connectivity index (χ3v) is 3.27. The van der Waals surface area contributed by atoms with Crippen LogP contribution in [0.15, 0.2) is 24.5 Å². The molecule has 1 atom stereocenters. The van der Waals surface area contributed by atoms with Crippen LogP contribution in [0, 0.1) is 0 Å². The molecule has 5 heteroatoms. The van der Waals surface area contributed by atoms with Crippen LogP contribution in [0.3, 0.4) is 0 Å². The van der Waals surface area contributed by atoms with E-state index in [1.807, 2.05) is 12.3 Å². The summed E-state index contributed by atoms with van der Waals surface area (Å²) in [5.74, 6) is -0.720. The lowest BCUT2D eigenvalue weighted by atomic mass is 10.1. The van der Waals surface area contributed by atoms with E-state index in [9.17, 15) is 4.79 Å². The van der Waals surface area contributed by atoms with Gasteiger partial charge < -0.3 is 10.4 Å². The van der Waals surface area contributed by atoms with E-state index in [1.165, 1.54) is 5.56 Å². The number of nitrogens with one attached hydrogen (secondary N) is 1. The van der Waals surface area contributed by atoms with Crippen LogP contribution in [0.5, 0.6) is 0 Å². The molecule has 0 amide bonds. The molecule has 98 valence electrons. The van der Waals surface area contributed by atoms with Gasteiger partial charge in [-0.2, -0.15) is 0 Å². The highest BCUT2D eigenvalue weighted by atomic mass is 16.4. The van der Waals surface area contributed by atoms with E-state index in [1.54, 1.807) is 6.20 Å². The molecule has 0 saturated carbocycles. The summed E-state index contributed by atoms with van der Waals surface area (Å²) >= 11 is 0. The Balaban J connectivity index is 1.93. The van der Waals surface area contributed by atoms with Crippen molar-refractivity contribution in [2.75, 3.05) is 19.6 Å². The van der Waals surface area contributed by atoms with Gasteiger partial charge in [-0.05, 0) is 18.1 Å². The molecule has 2 heterocycles. The van der Waals surface area contributed by atoms with E-state index in [4.69, 9.17) is 5.11 Å². The van der Waals surface area contributed by atoms with E-state index in [0.717, 1.165) is 26.2 Å². The van der Waals surface area contributed by atoms with Crippen LogP contribution in [0.25, 0.3) is 0 Å². The van der Waals surface area contributed by atoms with Gasteiger partial charge in [0.1, 0.15) is 0 Å². The molecule has 2 rings (SSSR count). The third kappa shape index (κ3) is 3.78. The first kappa shape index (κ1) is 13.0. The van der Waals surface area contributed by atoms with Crippen LogP contribution in [0.2, 0.25) is 0 Å². The summed E-state index contributed by atoms with van der Waals surface area (Å²) in [7, 11) is 0. The van der Waals surface area contributed by atoms with Crippen molar-refractivity contribution in [3.8, 4) is 0 Å². The molecule has 1 fully saturated rings. The second-order valence-corrected chi connectivity index (χ2v) is 4.62. The average Bonchev–Trinajstić information content (AvgIpc) is 2.39. The van der Waals surface area contributed by atoms with Crippen molar-refractivity contribution < 1.29 is 9.90 Å². The van der Waals surface area contributed by atoms with E-state index in [2.05, 4.69) is 21.3 Å². The van der Waals surface area contributed by atoms with E-state index in [0.29, 0.717) is 12.5 Å². The summed E-state index contributed by atoms with van der Waals surface area (Å²) in [6.07, 6.45) is 4.57. The van der Waals surface area contributed by atoms with Gasteiger partial charge in [-0.3, -0.25) is 14.7 Å². The summed E-state index contributed by atoms with van der Waals surface area (Å²) in [5, 5.41) is 12.1. The number of hydrogen-bond acceptors (Lipinski definition) is 4. The largest absolute Gasteiger partial charge is 0.481 e. The van der Waals surface area contributed by atoms with Gasteiger partial charge in [0.2, 0.25) is 0 Å². The molecule has 0 bridgehead atoms. The number of hydrogen-bond donors (Lipinski definition) is 2. The molecule has 1 unspecified atom stereocenters. The number of aliphatic carboxylic acids is 1. The van der Waals surface area contributed by atoms with Crippen molar-refractivity contribution in [1.82, 2.24) is 15.2 Å². The Bertz CT molecular complexity index is 383. The molecule has 0 aliphatic carbocycles. The van der Waals surface area contributed by atoms with Gasteiger partial charge in [0, 0.05) is 51.0 Å². The molecule has 0 aromatic carbocycles. The molecule has 18 heavy (non-hydrogen) atoms. The summed E-state index contributed by atoms with van der Waals surface area (Å²) in [6, 6.07) is 4.29. The lowest BCUT2D eigenvalue weighted by molar-refractivity contribution is -0.137. The van der Waals surface area contributed by atoms with Gasteiger partial charge >= 0.3 is 5.97 Å². The number of carboxylic acids is 1. The second kappa shape index (κ2) is 6.47. The molecule has 5 nitrogen and oxygen atoms in total. The average molecular weight is 249 g/mol. The standard InChI is InChI=1S/C13H19N3O2/c17-13(18)4-3-12-9-15-6-7-16(12)10-11-2-1-5-14-8-11/h1-2,5,8,12,15H,3-4,6-7,9-10H2,(H,17,18). The molecule has 0 spiro atoms. The third-order valence-electron chi connectivity index (χ3n) is 3.27. The molecule has 1 aliphatic heterocycles. The Morgan fingerprint density at radius 1 is 1.61 bits per heavy atom. The summed E-state index contributed by atoms with van der Waals surface area (Å²) in [5.41, 5.74) is 1.18. The normalized spacial score (nSPS) is 20.8. The molecule has 1 aliphatic rings. The van der Waals surface area contributed by atoms with Crippen LogP contribution in [-0.2, 0) is 11.3 Å². The van der Waals surface area contributed by atoms with Crippen LogP contribution in [-0.4, -0.2) is 46.6 Å². The quantitative estimate of drug-likeness (QED) is 0.805. The van der Waals surface area contributed by atoms with Crippen molar-refractivity contribution in [3.05, 3.63) is 30.1 Å². The first-order chi connectivity index (χ1) is 8.75. The number of nitrogens with zero attached hydrogens (tertiary/aromatic N) is 2. The Labute approximate surface area is 107 Å². The maximum Gasteiger partial charge on any atom is 0.303 e. The zero-order chi connectivity index (χ0) is 12.8. The monoisotopic (exact) mass is 249 g/mol. The van der Waals surface area contributed by atoms with Crippen LogP contribution in [0.1, 0.15) is 18.4 Å². The smallest absolute Gasteiger partial charge is 0.303 e. The van der Waals surface area contributed by atoms with Crippen LogP contribution < -0.4 is 5.32 Å². The second-order valence-electron chi connectivity index (χ2n) is 4.62. The fourth-order valence-electron chi connectivity index (χ4n) is 2.31. The van der Waals surface area contributed by atoms with Gasteiger partial charge in [-0.15, -0.1) is 0 Å². The number of carbonyl (C=O) groups is 1. The van der Waals surface area contributed by atoms with Crippen molar-refractivity contribution >= 4 is 5.97 Å². The Morgan fingerprint density at radius 3 is 3.22 bits per heavy atom.